The first kappa shape index (κ1) is 12.2. The molecule has 0 saturated heterocycles. The smallest absolute Gasteiger partial charge is 0.268 e. The van der Waals surface area contributed by atoms with Crippen molar-refractivity contribution >= 4 is 11.6 Å². The van der Waals surface area contributed by atoms with Gasteiger partial charge in [0.2, 0.25) is 0 Å². The van der Waals surface area contributed by atoms with E-state index < -0.39 is 0 Å². The summed E-state index contributed by atoms with van der Waals surface area (Å²) in [5.74, 6) is -0.164. The molecule has 0 spiro atoms. The molecule has 18 heavy (non-hydrogen) atoms. The summed E-state index contributed by atoms with van der Waals surface area (Å²) in [5.41, 5.74) is 7.56. The van der Waals surface area contributed by atoms with Crippen molar-refractivity contribution in [1.29, 1.82) is 0 Å². The summed E-state index contributed by atoms with van der Waals surface area (Å²) >= 11 is 0. The summed E-state index contributed by atoms with van der Waals surface area (Å²) in [7, 11) is 0. The largest absolute Gasteiger partial charge is 0.397 e. The van der Waals surface area contributed by atoms with Crippen molar-refractivity contribution in [2.75, 3.05) is 5.73 Å². The number of carbonyl (C=O) groups excluding carboxylic acids is 1. The van der Waals surface area contributed by atoms with Crippen molar-refractivity contribution in [3.8, 4) is 0 Å². The van der Waals surface area contributed by atoms with Gasteiger partial charge in [-0.15, -0.1) is 0 Å². The van der Waals surface area contributed by atoms with E-state index in [2.05, 4.69) is 10.5 Å². The van der Waals surface area contributed by atoms with Crippen LogP contribution in [-0.2, 0) is 13.1 Å². The molecule has 96 valence electrons. The Balaban J connectivity index is 2.03. The Kier molecular flexibility index (Phi) is 3.66. The number of nitrogen functional groups attached to an aromatic ring is 1. The second-order valence-corrected chi connectivity index (χ2v) is 4.03. The first-order chi connectivity index (χ1) is 8.70. The highest BCUT2D eigenvalue weighted by molar-refractivity contribution is 5.93. The van der Waals surface area contributed by atoms with Gasteiger partial charge in [0.15, 0.2) is 0 Å². The second kappa shape index (κ2) is 5.39. The predicted molar refractivity (Wildman–Crippen MR) is 66.8 cm³/mol. The third-order valence-corrected chi connectivity index (χ3v) is 2.54. The highest BCUT2D eigenvalue weighted by Gasteiger charge is 2.12. The molecular weight excluding hydrogens is 232 g/mol. The Morgan fingerprint density at radius 3 is 3.11 bits per heavy atom. The topological polar surface area (TPSA) is 86.1 Å². The lowest BCUT2D eigenvalue weighted by Gasteiger charge is -2.07. The number of hydrogen-bond acceptors (Lipinski definition) is 4. The molecule has 2 aromatic rings. The van der Waals surface area contributed by atoms with E-state index in [1.54, 1.807) is 18.3 Å². The minimum atomic E-state index is -0.164. The Hall–Kier alpha value is -2.24. The van der Waals surface area contributed by atoms with Crippen molar-refractivity contribution in [2.45, 2.75) is 26.4 Å². The lowest BCUT2D eigenvalue weighted by Crippen LogP contribution is -2.25. The first-order valence-electron chi connectivity index (χ1n) is 5.83. The molecular formula is C12H16N4O2. The van der Waals surface area contributed by atoms with Gasteiger partial charge in [0, 0.05) is 18.8 Å². The van der Waals surface area contributed by atoms with Gasteiger partial charge in [-0.1, -0.05) is 12.1 Å². The fourth-order valence-electron chi connectivity index (χ4n) is 1.74. The molecule has 0 bridgehead atoms. The number of nitrogens with two attached hydrogens (primary N) is 1. The van der Waals surface area contributed by atoms with Gasteiger partial charge in [-0.25, -0.2) is 0 Å². The molecule has 0 saturated carbocycles. The molecule has 0 fully saturated rings. The zero-order chi connectivity index (χ0) is 13.0. The van der Waals surface area contributed by atoms with Gasteiger partial charge in [-0.05, 0) is 12.5 Å². The van der Waals surface area contributed by atoms with Gasteiger partial charge < -0.3 is 20.1 Å². The number of amides is 1. The maximum Gasteiger partial charge on any atom is 0.268 e. The number of nitrogens with one attached hydrogen (secondary N) is 1. The first-order valence-corrected chi connectivity index (χ1v) is 5.83. The molecule has 3 N–H and O–H groups in total. The van der Waals surface area contributed by atoms with Crippen LogP contribution in [0.15, 0.2) is 29.1 Å². The number of aromatic nitrogens is 2. The van der Waals surface area contributed by atoms with Gasteiger partial charge >= 0.3 is 0 Å². The van der Waals surface area contributed by atoms with Gasteiger partial charge in [0.05, 0.1) is 12.2 Å². The second-order valence-electron chi connectivity index (χ2n) is 4.03. The summed E-state index contributed by atoms with van der Waals surface area (Å²) < 4.78 is 6.55. The fourth-order valence-corrected chi connectivity index (χ4v) is 1.74. The highest BCUT2D eigenvalue weighted by Crippen LogP contribution is 2.11. The summed E-state index contributed by atoms with van der Waals surface area (Å²) in [4.78, 5) is 12.0. The number of aryl methyl sites for hydroxylation is 1. The lowest BCUT2D eigenvalue weighted by atomic mass is 10.3. The van der Waals surface area contributed by atoms with Crippen LogP contribution in [0, 0.1) is 0 Å². The van der Waals surface area contributed by atoms with E-state index in [1.807, 2.05) is 11.5 Å². The van der Waals surface area contributed by atoms with Crippen LogP contribution in [0.1, 0.15) is 29.5 Å². The standard InChI is InChI=1S/C12H16N4O2/c1-2-4-16-8-9(13)6-11(16)12(17)14-7-10-3-5-18-15-10/h3,5-6,8H,2,4,7,13H2,1H3,(H,14,17). The Bertz CT molecular complexity index is 516. The summed E-state index contributed by atoms with van der Waals surface area (Å²) in [6.07, 6.45) is 4.19. The predicted octanol–water partition coefficient (Wildman–Crippen LogP) is 1.40. The third kappa shape index (κ3) is 2.71. The van der Waals surface area contributed by atoms with Crippen molar-refractivity contribution in [3.05, 3.63) is 36.0 Å². The zero-order valence-electron chi connectivity index (χ0n) is 10.2. The molecule has 0 atom stereocenters. The molecule has 0 aliphatic rings. The molecule has 6 heteroatoms. The van der Waals surface area contributed by atoms with Crippen LogP contribution in [0.2, 0.25) is 0 Å². The van der Waals surface area contributed by atoms with Crippen LogP contribution in [0.5, 0.6) is 0 Å². The van der Waals surface area contributed by atoms with E-state index in [9.17, 15) is 4.79 Å². The Morgan fingerprint density at radius 1 is 1.61 bits per heavy atom. The highest BCUT2D eigenvalue weighted by atomic mass is 16.5. The van der Waals surface area contributed by atoms with Crippen molar-refractivity contribution in [3.63, 3.8) is 0 Å². The summed E-state index contributed by atoms with van der Waals surface area (Å²) in [6.45, 7) is 3.16. The maximum atomic E-state index is 12.0. The van der Waals surface area contributed by atoms with Crippen LogP contribution in [-0.4, -0.2) is 15.6 Å². The molecule has 2 aromatic heterocycles. The third-order valence-electron chi connectivity index (χ3n) is 2.54. The maximum absolute atomic E-state index is 12.0. The molecule has 0 unspecified atom stereocenters. The van der Waals surface area contributed by atoms with Crippen LogP contribution in [0.3, 0.4) is 0 Å². The quantitative estimate of drug-likeness (QED) is 0.837. The molecule has 0 aromatic carbocycles. The minimum absolute atomic E-state index is 0.164. The van der Waals surface area contributed by atoms with E-state index in [0.29, 0.717) is 23.6 Å². The van der Waals surface area contributed by atoms with Crippen LogP contribution in [0.25, 0.3) is 0 Å². The van der Waals surface area contributed by atoms with Gasteiger partial charge in [-0.2, -0.15) is 0 Å². The Labute approximate surface area is 105 Å². The van der Waals surface area contributed by atoms with E-state index in [-0.39, 0.29) is 5.91 Å². The van der Waals surface area contributed by atoms with Gasteiger partial charge in [-0.3, -0.25) is 4.79 Å². The fraction of sp³-hybridized carbons (Fsp3) is 0.333. The van der Waals surface area contributed by atoms with Crippen LogP contribution >= 0.6 is 0 Å². The number of nitrogens with zero attached hydrogens (tertiary/aromatic N) is 2. The van der Waals surface area contributed by atoms with Gasteiger partial charge in [0.1, 0.15) is 17.7 Å². The number of carbonyl (C=O) groups is 1. The van der Waals surface area contributed by atoms with E-state index in [0.717, 1.165) is 13.0 Å². The molecule has 2 rings (SSSR count). The monoisotopic (exact) mass is 248 g/mol. The molecule has 0 aliphatic heterocycles. The van der Waals surface area contributed by atoms with Gasteiger partial charge in [0.25, 0.3) is 5.91 Å². The van der Waals surface area contributed by atoms with E-state index >= 15 is 0 Å². The molecule has 0 radical (unpaired) electrons. The van der Waals surface area contributed by atoms with Crippen molar-refractivity contribution < 1.29 is 9.32 Å². The average Bonchev–Trinajstić information content (AvgIpc) is 2.96. The number of rotatable bonds is 5. The van der Waals surface area contributed by atoms with Crippen LogP contribution < -0.4 is 11.1 Å². The molecule has 6 nitrogen and oxygen atoms in total. The van der Waals surface area contributed by atoms with Crippen LogP contribution in [0.4, 0.5) is 5.69 Å². The Morgan fingerprint density at radius 2 is 2.44 bits per heavy atom. The van der Waals surface area contributed by atoms with E-state index in [4.69, 9.17) is 10.3 Å². The zero-order valence-corrected chi connectivity index (χ0v) is 10.2. The van der Waals surface area contributed by atoms with Crippen molar-refractivity contribution in [1.82, 2.24) is 15.0 Å². The molecule has 0 aliphatic carbocycles. The SMILES string of the molecule is CCCn1cc(N)cc1C(=O)NCc1ccon1. The lowest BCUT2D eigenvalue weighted by molar-refractivity contribution is 0.0940. The number of hydrogen-bond donors (Lipinski definition) is 2. The summed E-state index contributed by atoms with van der Waals surface area (Å²) in [5, 5.41) is 6.50. The molecule has 2 heterocycles. The average molecular weight is 248 g/mol. The molecule has 1 amide bonds. The normalized spacial score (nSPS) is 10.5. The summed E-state index contributed by atoms with van der Waals surface area (Å²) in [6, 6.07) is 3.38. The van der Waals surface area contributed by atoms with Crippen molar-refractivity contribution in [2.24, 2.45) is 0 Å². The number of anilines is 1. The minimum Gasteiger partial charge on any atom is -0.397 e. The van der Waals surface area contributed by atoms with E-state index in [1.165, 1.54) is 6.26 Å².